The van der Waals surface area contributed by atoms with Crippen LogP contribution in [0, 0.1) is 0 Å². The van der Waals surface area contributed by atoms with E-state index in [1.54, 1.807) is 30.3 Å². The van der Waals surface area contributed by atoms with Gasteiger partial charge in [-0.25, -0.2) is 5.48 Å². The number of benzene rings is 3. The minimum absolute atomic E-state index is 0.0356. The number of nitrogens with one attached hydrogen (secondary N) is 1. The third kappa shape index (κ3) is 33.9. The molecule has 0 spiro atoms. The van der Waals surface area contributed by atoms with E-state index in [2.05, 4.69) is 0 Å². The van der Waals surface area contributed by atoms with Crippen molar-refractivity contribution in [2.75, 3.05) is 39.6 Å². The van der Waals surface area contributed by atoms with Gasteiger partial charge in [0.25, 0.3) is 5.91 Å². The van der Waals surface area contributed by atoms with Crippen molar-refractivity contribution in [1.29, 1.82) is 0 Å². The van der Waals surface area contributed by atoms with Crippen LogP contribution in [0.3, 0.4) is 0 Å². The van der Waals surface area contributed by atoms with Crippen LogP contribution in [-0.4, -0.2) is 281 Å². The second kappa shape index (κ2) is 46.8. The summed E-state index contributed by atoms with van der Waals surface area (Å²) in [5, 5.41) is 235. The maximum atomic E-state index is 10.7. The number of hydrogen-bond acceptors (Lipinski definition) is 29. The molecule has 2 aliphatic carbocycles. The van der Waals surface area contributed by atoms with E-state index in [0.29, 0.717) is 0 Å². The van der Waals surface area contributed by atoms with Crippen molar-refractivity contribution in [3.05, 3.63) is 89.5 Å². The highest BCUT2D eigenvalue weighted by molar-refractivity contribution is 5.95. The van der Waals surface area contributed by atoms with Gasteiger partial charge in [-0.2, -0.15) is 0 Å². The third-order valence-electron chi connectivity index (χ3n) is 11.0. The van der Waals surface area contributed by atoms with Crippen LogP contribution in [0.5, 0.6) is 17.2 Å². The largest absolute Gasteiger partial charge is 0.507 e. The molecule has 30 nitrogen and oxygen atoms in total. The number of hydroxylamine groups is 1. The molecule has 80 heavy (non-hydrogen) atoms. The van der Waals surface area contributed by atoms with Crippen LogP contribution in [0.2, 0.25) is 0 Å². The van der Waals surface area contributed by atoms with Crippen LogP contribution in [0.1, 0.15) is 66.4 Å². The molecule has 2 fully saturated rings. The average molecular weight is 1160 g/mol. The number of amides is 1. The van der Waals surface area contributed by atoms with E-state index in [1.165, 1.54) is 29.7 Å². The second-order valence-corrected chi connectivity index (χ2v) is 17.3. The zero-order valence-electron chi connectivity index (χ0n) is 43.6. The molecule has 0 radical (unpaired) electrons. The van der Waals surface area contributed by atoms with Gasteiger partial charge in [-0.15, -0.1) is 0 Å². The highest BCUT2D eigenvalue weighted by Gasteiger charge is 2.31. The zero-order chi connectivity index (χ0) is 62.1. The standard InChI is InChI=1S/C8H10O2.C7H7NO3.2C6H14O6.C6H12O6.C6H12O2.C6H6O2.C5H10O2/c9-5-7-2-1-3-8(4-7)6-10;9-6-4-2-1-3-5(6)7(10)8-11;3*7-1-3(9)5(11)6(12)4(10)2-8;2*7-5-3-1-2-4-6(5)8;6-4-2-1-3-5(4)7/h1-4,9-10H,5-6H2;1-4,9,11H,(H,8,10);2*3-12H,1-2H2;3,5-9,11-12H,1-2H2;5-8H,1-4H2;1-4,7-8H;4-7H,1-3H2/t;;;;;;;4-,5+. The van der Waals surface area contributed by atoms with Crippen molar-refractivity contribution in [2.24, 2.45) is 0 Å². The number of rotatable bonds is 18. The van der Waals surface area contributed by atoms with E-state index in [-0.39, 0.29) is 36.0 Å². The maximum absolute atomic E-state index is 10.7. The van der Waals surface area contributed by atoms with Gasteiger partial charge in [-0.1, -0.05) is 61.4 Å². The fourth-order valence-corrected chi connectivity index (χ4v) is 5.97. The number of hydrogen-bond donors (Lipinski definition) is 28. The highest BCUT2D eigenvalue weighted by Crippen LogP contribution is 2.22. The first kappa shape index (κ1) is 79.5. The Labute approximate surface area is 460 Å². The van der Waals surface area contributed by atoms with E-state index in [9.17, 15) is 9.59 Å². The van der Waals surface area contributed by atoms with E-state index in [0.717, 1.165) is 56.1 Å². The van der Waals surface area contributed by atoms with E-state index >= 15 is 0 Å². The molecule has 3 aromatic carbocycles. The summed E-state index contributed by atoms with van der Waals surface area (Å²) in [4.78, 5) is 21.2. The molecule has 464 valence electrons. The minimum Gasteiger partial charge on any atom is -0.507 e. The van der Waals surface area contributed by atoms with Gasteiger partial charge < -0.3 is 133 Å². The van der Waals surface area contributed by atoms with Crippen LogP contribution in [-0.2, 0) is 18.0 Å². The number of aliphatic hydroxyl groups excluding tert-OH is 23. The Morgan fingerprint density at radius 3 is 0.975 bits per heavy atom. The molecule has 1 amide bonds. The van der Waals surface area contributed by atoms with Gasteiger partial charge in [0, 0.05) is 0 Å². The Hall–Kier alpha value is -4.76. The molecule has 2 aliphatic rings. The Morgan fingerprint density at radius 1 is 0.425 bits per heavy atom. The first-order valence-corrected chi connectivity index (χ1v) is 24.5. The molecule has 15 atom stereocenters. The number of para-hydroxylation sites is 3. The summed E-state index contributed by atoms with van der Waals surface area (Å²) >= 11 is 0. The Balaban J connectivity index is -0.000000851. The molecule has 30 heteroatoms. The second-order valence-electron chi connectivity index (χ2n) is 17.3. The number of ketones is 1. The molecule has 0 heterocycles. The number of phenolic OH excluding ortho intramolecular Hbond substituents is 3. The lowest BCUT2D eigenvalue weighted by atomic mass is 9.95. The van der Waals surface area contributed by atoms with Crippen LogP contribution >= 0.6 is 0 Å². The first-order chi connectivity index (χ1) is 37.7. The van der Waals surface area contributed by atoms with E-state index in [4.69, 9.17) is 138 Å². The summed E-state index contributed by atoms with van der Waals surface area (Å²) in [5.41, 5.74) is 3.15. The molecule has 13 unspecified atom stereocenters. The van der Waals surface area contributed by atoms with Crippen LogP contribution < -0.4 is 5.48 Å². The van der Waals surface area contributed by atoms with Gasteiger partial charge in [-0.3, -0.25) is 14.8 Å². The fraction of sp³-hybridized carbons (Fsp3) is 0.600. The van der Waals surface area contributed by atoms with Gasteiger partial charge in [0.15, 0.2) is 17.3 Å². The summed E-state index contributed by atoms with van der Waals surface area (Å²) in [5.74, 6) is -2.03. The minimum atomic E-state index is -1.86. The molecule has 28 N–H and O–H groups in total. The number of aliphatic hydroxyl groups is 23. The monoisotopic (exact) mass is 1160 g/mol. The van der Waals surface area contributed by atoms with Gasteiger partial charge in [-0.05, 0) is 67.5 Å². The number of Topliss-reactive ketones (excluding diaryl/α,β-unsaturated/α-hetero) is 1. The summed E-state index contributed by atoms with van der Waals surface area (Å²) in [7, 11) is 0. The topological polar surface area (TPSA) is 592 Å². The number of aromatic hydroxyl groups is 3. The van der Waals surface area contributed by atoms with Gasteiger partial charge in [0.1, 0.15) is 79.5 Å². The fourth-order valence-electron chi connectivity index (χ4n) is 5.97. The van der Waals surface area contributed by atoms with E-state index in [1.807, 2.05) is 18.2 Å². The molecule has 3 aromatic rings. The van der Waals surface area contributed by atoms with Gasteiger partial charge >= 0.3 is 0 Å². The zero-order valence-corrected chi connectivity index (χ0v) is 43.6. The Morgan fingerprint density at radius 2 is 0.725 bits per heavy atom. The van der Waals surface area contributed by atoms with Crippen LogP contribution in [0.4, 0.5) is 0 Å². The first-order valence-electron chi connectivity index (χ1n) is 24.5. The average Bonchev–Trinajstić information content (AvgIpc) is 3.87. The number of carbonyl (C=O) groups is 2. The van der Waals surface area contributed by atoms with Crippen molar-refractivity contribution >= 4 is 11.7 Å². The van der Waals surface area contributed by atoms with Crippen LogP contribution in [0.25, 0.3) is 0 Å². The van der Waals surface area contributed by atoms with Crippen molar-refractivity contribution in [2.45, 2.75) is 150 Å². The Kier molecular flexibility index (Phi) is 46.5. The molecular weight excluding hydrogens is 1080 g/mol. The SMILES string of the molecule is O=C(CO)C(O)C(O)C(O)CO.O=C(NO)c1ccccc1O.OC1CCCCC1O.OCC(O)C(O)C(O)C(O)CO.OCC(O)C(O)C(O)C(O)CO.OCc1cccc(CO)c1.O[C@@H]1CCC[C@@H]1O.Oc1ccccc1O. The molecule has 2 saturated carbocycles. The Bertz CT molecular complexity index is 1880. The summed E-state index contributed by atoms with van der Waals surface area (Å²) in [6, 6.07) is 19.3. The lowest BCUT2D eigenvalue weighted by Crippen LogP contribution is -2.46. The van der Waals surface area contributed by atoms with Gasteiger partial charge in [0.05, 0.1) is 76.2 Å². The van der Waals surface area contributed by atoms with Crippen molar-refractivity contribution in [1.82, 2.24) is 5.48 Å². The molecule has 0 bridgehead atoms. The predicted octanol–water partition coefficient (Wildman–Crippen LogP) is -8.09. The normalized spacial score (nSPS) is 20.2. The quantitative estimate of drug-likeness (QED) is 0.0319. The molecule has 5 rings (SSSR count). The smallest absolute Gasteiger partial charge is 0.278 e. The number of carbonyl (C=O) groups excluding carboxylic acids is 2. The van der Waals surface area contributed by atoms with E-state index < -0.39 is 143 Å². The van der Waals surface area contributed by atoms with Gasteiger partial charge in [0.2, 0.25) is 0 Å². The summed E-state index contributed by atoms with van der Waals surface area (Å²) < 4.78 is 0. The lowest BCUT2D eigenvalue weighted by Gasteiger charge is -2.24. The van der Waals surface area contributed by atoms with Crippen molar-refractivity contribution < 1.29 is 148 Å². The number of phenols is 3. The lowest BCUT2D eigenvalue weighted by molar-refractivity contribution is -0.142. The molecular formula is C50H85NO29. The molecule has 0 aliphatic heterocycles. The maximum Gasteiger partial charge on any atom is 0.278 e. The van der Waals surface area contributed by atoms with Crippen LogP contribution in [0.15, 0.2) is 72.8 Å². The van der Waals surface area contributed by atoms with Crippen molar-refractivity contribution in [3.8, 4) is 17.2 Å². The highest BCUT2D eigenvalue weighted by atomic mass is 16.5. The molecule has 0 aromatic heterocycles. The molecule has 0 saturated heterocycles. The summed E-state index contributed by atoms with van der Waals surface area (Å²) in [6.45, 7) is -4.52. The predicted molar refractivity (Wildman–Crippen MR) is 275 cm³/mol. The van der Waals surface area contributed by atoms with Crippen molar-refractivity contribution in [3.63, 3.8) is 0 Å². The summed E-state index contributed by atoms with van der Waals surface area (Å²) in [6.07, 6.45) is -13.5. The third-order valence-corrected chi connectivity index (χ3v) is 11.0.